The molecule has 8 aromatic heterocycles. The molecule has 14 heteroatoms. The number of aromatic amines is 3. The summed E-state index contributed by atoms with van der Waals surface area (Å²) in [5.41, 5.74) is 5.77. The van der Waals surface area contributed by atoms with Crippen molar-refractivity contribution in [2.24, 2.45) is 0 Å². The van der Waals surface area contributed by atoms with Crippen LogP contribution in [0.3, 0.4) is 0 Å². The molecule has 45 heavy (non-hydrogen) atoms. The number of rotatable bonds is 0. The molecule has 9 rings (SSSR count). The van der Waals surface area contributed by atoms with Crippen LogP contribution < -0.4 is 0 Å². The molecule has 0 unspecified atom stereocenters. The number of H-pyrrole nitrogens is 3. The molecule has 0 bridgehead atoms. The summed E-state index contributed by atoms with van der Waals surface area (Å²) in [4.78, 5) is 42.0. The van der Waals surface area contributed by atoms with Crippen molar-refractivity contribution >= 4 is 91.0 Å². The van der Waals surface area contributed by atoms with Gasteiger partial charge in [0.1, 0.15) is 35.9 Å². The van der Waals surface area contributed by atoms with E-state index in [4.69, 9.17) is 0 Å². The normalized spacial score (nSPS) is 9.60. The first-order valence-corrected chi connectivity index (χ1v) is 12.0. The van der Waals surface area contributed by atoms with Gasteiger partial charge >= 0.3 is 0 Å². The molecular formula is C31H31B3N11. The third-order valence-corrected chi connectivity index (χ3v) is 6.34. The van der Waals surface area contributed by atoms with Crippen LogP contribution in [0.1, 0.15) is 22.3 Å². The Hall–Kier alpha value is -5.65. The van der Waals surface area contributed by atoms with Crippen LogP contribution in [0.15, 0.2) is 98.8 Å². The lowest BCUT2D eigenvalue weighted by Crippen LogP contribution is -1.76. The van der Waals surface area contributed by atoms with Gasteiger partial charge in [-0.25, -0.2) is 29.9 Å². The Labute approximate surface area is 266 Å². The molecule has 3 N–H and O–H groups in total. The molecule has 0 aliphatic rings. The van der Waals surface area contributed by atoms with E-state index in [1.807, 2.05) is 42.7 Å². The van der Waals surface area contributed by atoms with Gasteiger partial charge in [0, 0.05) is 100 Å². The summed E-state index contributed by atoms with van der Waals surface area (Å²) in [5, 5.41) is 6.51. The zero-order valence-electron chi connectivity index (χ0n) is 22.0. The highest BCUT2D eigenvalue weighted by atomic mass is 14.9. The van der Waals surface area contributed by atoms with Gasteiger partial charge in [0.2, 0.25) is 0 Å². The fraction of sp³-hybridized carbons (Fsp3) is 0.0968. The number of benzene rings is 1. The van der Waals surface area contributed by atoms with E-state index in [0.29, 0.717) is 0 Å². The second kappa shape index (κ2) is 16.3. The van der Waals surface area contributed by atoms with E-state index in [0.717, 1.165) is 60.4 Å². The van der Waals surface area contributed by atoms with Crippen molar-refractivity contribution in [3.63, 3.8) is 0 Å². The zero-order valence-corrected chi connectivity index (χ0v) is 22.0. The largest absolute Gasteiger partial charge is 0.339 e. The van der Waals surface area contributed by atoms with E-state index in [-0.39, 0.29) is 47.5 Å². The summed E-state index contributed by atoms with van der Waals surface area (Å²) in [5.74, 6) is 0. The van der Waals surface area contributed by atoms with Crippen molar-refractivity contribution in [1.82, 2.24) is 54.8 Å². The number of nitrogens with one attached hydrogen (secondary N) is 3. The first-order valence-electron chi connectivity index (χ1n) is 12.0. The highest BCUT2D eigenvalue weighted by Crippen LogP contribution is 2.23. The lowest BCUT2D eigenvalue weighted by Gasteiger charge is -1.86. The summed E-state index contributed by atoms with van der Waals surface area (Å²) in [6.07, 6.45) is 17.2. The van der Waals surface area contributed by atoms with Crippen molar-refractivity contribution in [3.8, 4) is 0 Å². The van der Waals surface area contributed by atoms with Crippen LogP contribution in [0.25, 0.3) is 65.8 Å². The molecule has 0 saturated heterocycles. The molecule has 9 aromatic rings. The number of aromatic nitrogens is 11. The van der Waals surface area contributed by atoms with Gasteiger partial charge in [-0.1, -0.05) is 40.5 Å². The summed E-state index contributed by atoms with van der Waals surface area (Å²) in [6.45, 7) is 0. The molecule has 0 aliphatic heterocycles. The van der Waals surface area contributed by atoms with Crippen LogP contribution in [-0.4, -0.2) is 80.1 Å². The topological polar surface area (TPSA) is 150 Å². The number of fused-ring (bicyclic) bond motifs is 9. The molecule has 0 saturated carbocycles. The van der Waals surface area contributed by atoms with Gasteiger partial charge in [0.05, 0.1) is 17.2 Å². The molecule has 0 atom stereocenters. The van der Waals surface area contributed by atoms with Crippen molar-refractivity contribution in [2.45, 2.75) is 22.3 Å². The smallest absolute Gasteiger partial charge is 0.141 e. The number of hydrogen-bond acceptors (Lipinski definition) is 8. The highest BCUT2D eigenvalue weighted by molar-refractivity contribution is 6.06. The Balaban J connectivity index is 0.000000316. The van der Waals surface area contributed by atoms with Crippen molar-refractivity contribution in [3.05, 3.63) is 98.8 Å². The summed E-state index contributed by atoms with van der Waals surface area (Å²) in [6, 6.07) is 12.0. The van der Waals surface area contributed by atoms with Crippen LogP contribution in [-0.2, 0) is 0 Å². The summed E-state index contributed by atoms with van der Waals surface area (Å²) in [7, 11) is 0. The lowest BCUT2D eigenvalue weighted by molar-refractivity contribution is 1.20. The maximum Gasteiger partial charge on any atom is 0.141 e. The van der Waals surface area contributed by atoms with Crippen molar-refractivity contribution in [2.75, 3.05) is 0 Å². The van der Waals surface area contributed by atoms with E-state index < -0.39 is 0 Å². The van der Waals surface area contributed by atoms with Crippen LogP contribution in [0.5, 0.6) is 0 Å². The minimum absolute atomic E-state index is 0. The van der Waals surface area contributed by atoms with E-state index in [9.17, 15) is 0 Å². The van der Waals surface area contributed by atoms with Gasteiger partial charge in [-0.3, -0.25) is 9.97 Å². The van der Waals surface area contributed by atoms with Crippen LogP contribution in [0, 0.1) is 0 Å². The first-order chi connectivity index (χ1) is 19.3. The molecule has 8 heterocycles. The average Bonchev–Trinajstić information content (AvgIpc) is 3.69. The monoisotopic (exact) mass is 590 g/mol. The minimum Gasteiger partial charge on any atom is -0.339 e. The number of para-hydroxylation sites is 1. The number of hydrogen-bond donors (Lipinski definition) is 3. The van der Waals surface area contributed by atoms with E-state index in [2.05, 4.69) is 60.9 Å². The fourth-order valence-electron chi connectivity index (χ4n) is 4.54. The number of nitrogens with zero attached hydrogens (tertiary/aromatic N) is 8. The van der Waals surface area contributed by atoms with Gasteiger partial charge in [-0.15, -0.1) is 0 Å². The highest BCUT2D eigenvalue weighted by Gasteiger charge is 2.04. The summed E-state index contributed by atoms with van der Waals surface area (Å²) >= 11 is 0. The lowest BCUT2D eigenvalue weighted by atomic mass is 10.2. The van der Waals surface area contributed by atoms with Crippen LogP contribution >= 0.6 is 0 Å². The Morgan fingerprint density at radius 2 is 0.800 bits per heavy atom. The van der Waals surface area contributed by atoms with Gasteiger partial charge < -0.3 is 15.0 Å². The molecule has 0 amide bonds. The van der Waals surface area contributed by atoms with Gasteiger partial charge in [-0.2, -0.15) is 0 Å². The SMILES string of the molecule is C.C.C.[B].[B].[B].c1cc2[nH]c3ncncc3c2cn1.c1cc2c(cn1)[nH]c1ncncc12.c1ccc2c(c1)[nH]c1ncncc12. The van der Waals surface area contributed by atoms with E-state index in [1.165, 1.54) is 18.0 Å². The molecule has 0 spiro atoms. The average molecular weight is 590 g/mol. The number of pyridine rings is 2. The molecule has 1 aromatic carbocycles. The second-order valence-corrected chi connectivity index (χ2v) is 8.62. The Morgan fingerprint density at radius 3 is 1.40 bits per heavy atom. The standard InChI is InChI=1S/C10H7N3.2C9H6N4.3CH4.3B/c1-2-4-9-7(3-1)8-5-11-6-12-10(8)13-9;1-2-10-3-6-7-4-11-5-12-9(7)13-8(1)6;1-2-10-4-8-6(1)7-3-11-5-12-9(7)13-8;;;;;;/h1-6H,(H,11,12,13);2*1-5H,(H,11,12,13);3*1H4;;;. The molecule has 0 fully saturated rings. The van der Waals surface area contributed by atoms with Gasteiger partial charge in [0.25, 0.3) is 0 Å². The third kappa shape index (κ3) is 7.12. The first kappa shape index (κ1) is 37.4. The maximum absolute atomic E-state index is 4.15. The molecule has 9 radical (unpaired) electrons. The fourth-order valence-corrected chi connectivity index (χ4v) is 4.54. The minimum atomic E-state index is 0. The van der Waals surface area contributed by atoms with Gasteiger partial charge in [0.15, 0.2) is 0 Å². The molecule has 219 valence electrons. The zero-order chi connectivity index (χ0) is 26.0. The predicted molar refractivity (Wildman–Crippen MR) is 187 cm³/mol. The molecular weight excluding hydrogens is 559 g/mol. The van der Waals surface area contributed by atoms with E-state index >= 15 is 0 Å². The Bertz CT molecular complexity index is 1830. The summed E-state index contributed by atoms with van der Waals surface area (Å²) < 4.78 is 0. The van der Waals surface area contributed by atoms with Gasteiger partial charge in [-0.05, 0) is 18.2 Å². The van der Waals surface area contributed by atoms with Crippen molar-refractivity contribution < 1.29 is 0 Å². The Kier molecular flexibility index (Phi) is 13.5. The van der Waals surface area contributed by atoms with Crippen molar-refractivity contribution in [1.29, 1.82) is 0 Å². The quantitative estimate of drug-likeness (QED) is 0.185. The maximum atomic E-state index is 4.15. The second-order valence-electron chi connectivity index (χ2n) is 8.62. The third-order valence-electron chi connectivity index (χ3n) is 6.34. The molecule has 11 nitrogen and oxygen atoms in total. The van der Waals surface area contributed by atoms with E-state index in [1.54, 1.807) is 37.3 Å². The molecule has 0 aliphatic carbocycles. The predicted octanol–water partition coefficient (Wildman–Crippen LogP) is 5.89. The Morgan fingerprint density at radius 1 is 0.378 bits per heavy atom. The van der Waals surface area contributed by atoms with Crippen LogP contribution in [0.2, 0.25) is 0 Å². The van der Waals surface area contributed by atoms with Crippen LogP contribution in [0.4, 0.5) is 0 Å².